The number of benzene rings is 1. The average molecular weight is 376 g/mol. The van der Waals surface area contributed by atoms with Gasteiger partial charge in [0, 0.05) is 6.04 Å². The highest BCUT2D eigenvalue weighted by Crippen LogP contribution is 2.09. The zero-order valence-electron chi connectivity index (χ0n) is 11.7. The van der Waals surface area contributed by atoms with Crippen LogP contribution in [0.2, 0.25) is 0 Å². The van der Waals surface area contributed by atoms with Gasteiger partial charge in [0.05, 0.1) is 6.54 Å². The molecule has 0 amide bonds. The van der Waals surface area contributed by atoms with Crippen LogP contribution in [0.5, 0.6) is 0 Å². The quantitative estimate of drug-likeness (QED) is 0.434. The van der Waals surface area contributed by atoms with Crippen molar-refractivity contribution >= 4 is 29.9 Å². The fraction of sp³-hybridized carbons (Fsp3) is 0.500. The van der Waals surface area contributed by atoms with E-state index in [2.05, 4.69) is 48.0 Å². The van der Waals surface area contributed by atoms with Crippen LogP contribution in [0.1, 0.15) is 19.4 Å². The molecule has 0 aliphatic rings. The first-order chi connectivity index (χ1) is 8.67. The third-order valence-corrected chi connectivity index (χ3v) is 3.13. The molecule has 0 fully saturated rings. The normalized spacial score (nSPS) is 11.7. The lowest BCUT2D eigenvalue weighted by Crippen LogP contribution is -2.39. The number of hydrogen-bond donors (Lipinski definition) is 2. The zero-order chi connectivity index (χ0) is 13.4. The Morgan fingerprint density at radius 2 is 1.74 bits per heavy atom. The summed E-state index contributed by atoms with van der Waals surface area (Å²) in [4.78, 5) is 6.56. The van der Waals surface area contributed by atoms with Gasteiger partial charge in [-0.05, 0) is 25.1 Å². The van der Waals surface area contributed by atoms with Gasteiger partial charge in [-0.15, -0.1) is 24.0 Å². The molecule has 0 spiro atoms. The molecule has 5 heteroatoms. The van der Waals surface area contributed by atoms with Gasteiger partial charge in [-0.1, -0.05) is 44.2 Å². The van der Waals surface area contributed by atoms with Crippen LogP contribution in [-0.4, -0.2) is 36.5 Å². The topological polar surface area (TPSA) is 67.6 Å². The monoisotopic (exact) mass is 376 g/mol. The average Bonchev–Trinajstić information content (AvgIpc) is 2.38. The summed E-state index contributed by atoms with van der Waals surface area (Å²) < 4.78 is 0. The smallest absolute Gasteiger partial charge is 0.185 e. The van der Waals surface area contributed by atoms with Crippen molar-refractivity contribution in [2.45, 2.75) is 26.3 Å². The second-order valence-corrected chi connectivity index (χ2v) is 4.33. The number of likely N-dealkylation sites (N-methyl/N-ethyl adjacent to an activating group) is 1. The Balaban J connectivity index is 0.00000324. The Kier molecular flexibility index (Phi) is 9.59. The molecule has 0 saturated carbocycles. The highest BCUT2D eigenvalue weighted by Gasteiger charge is 2.15. The van der Waals surface area contributed by atoms with E-state index in [1.807, 2.05) is 6.07 Å². The van der Waals surface area contributed by atoms with Crippen molar-refractivity contribution in [3.05, 3.63) is 35.9 Å². The molecule has 0 aliphatic carbocycles. The molecule has 108 valence electrons. The Labute approximate surface area is 133 Å². The van der Waals surface area contributed by atoms with E-state index >= 15 is 0 Å². The molecule has 1 rings (SSSR count). The molecule has 0 heterocycles. The number of aliphatic imine (C=N–C) groups is 1. The molecule has 0 aromatic heterocycles. The summed E-state index contributed by atoms with van der Waals surface area (Å²) in [6, 6.07) is 10.8. The third-order valence-electron chi connectivity index (χ3n) is 3.13. The first-order valence-corrected chi connectivity index (χ1v) is 6.50. The van der Waals surface area contributed by atoms with Crippen molar-refractivity contribution in [3.63, 3.8) is 0 Å². The maximum Gasteiger partial charge on any atom is 0.185 e. The van der Waals surface area contributed by atoms with Gasteiger partial charge in [0.1, 0.15) is 0 Å². The second-order valence-electron chi connectivity index (χ2n) is 4.33. The van der Waals surface area contributed by atoms with Crippen LogP contribution >= 0.6 is 24.0 Å². The van der Waals surface area contributed by atoms with Crippen LogP contribution in [-0.2, 0) is 6.42 Å². The molecule has 1 atom stereocenters. The van der Waals surface area contributed by atoms with E-state index < -0.39 is 0 Å². The summed E-state index contributed by atoms with van der Waals surface area (Å²) in [5.41, 5.74) is 12.2. The van der Waals surface area contributed by atoms with Crippen molar-refractivity contribution in [2.75, 3.05) is 19.6 Å². The fourth-order valence-electron chi connectivity index (χ4n) is 2.15. The summed E-state index contributed by atoms with van der Waals surface area (Å²) in [6.45, 7) is 6.99. The van der Waals surface area contributed by atoms with Crippen molar-refractivity contribution < 1.29 is 0 Å². The largest absolute Gasteiger partial charge is 0.370 e. The Hall–Kier alpha value is -0.820. The van der Waals surface area contributed by atoms with Gasteiger partial charge in [0.25, 0.3) is 0 Å². The molecule has 0 radical (unpaired) electrons. The van der Waals surface area contributed by atoms with Crippen molar-refractivity contribution in [1.82, 2.24) is 4.90 Å². The third kappa shape index (κ3) is 6.77. The van der Waals surface area contributed by atoms with Crippen LogP contribution in [0.15, 0.2) is 35.3 Å². The van der Waals surface area contributed by atoms with Gasteiger partial charge in [-0.2, -0.15) is 0 Å². The van der Waals surface area contributed by atoms with E-state index in [1.165, 1.54) is 5.56 Å². The van der Waals surface area contributed by atoms with E-state index in [1.54, 1.807) is 0 Å². The molecule has 1 aromatic rings. The minimum absolute atomic E-state index is 0. The van der Waals surface area contributed by atoms with E-state index in [9.17, 15) is 0 Å². The molecule has 4 nitrogen and oxygen atoms in total. The first kappa shape index (κ1) is 18.2. The van der Waals surface area contributed by atoms with Gasteiger partial charge < -0.3 is 11.5 Å². The molecule has 0 saturated heterocycles. The summed E-state index contributed by atoms with van der Waals surface area (Å²) in [5.74, 6) is 0.167. The van der Waals surface area contributed by atoms with E-state index in [0.717, 1.165) is 19.5 Å². The molecule has 1 aromatic carbocycles. The molecule has 0 aliphatic heterocycles. The molecular formula is C14H25IN4. The van der Waals surface area contributed by atoms with E-state index in [0.29, 0.717) is 12.6 Å². The standard InChI is InChI=1S/C14H24N4.HI/c1-3-18(4-2)13(11-17-14(15)16)10-12-8-6-5-7-9-12;/h5-9,13H,3-4,10-11H2,1-2H3,(H4,15,16,17);1H. The molecule has 19 heavy (non-hydrogen) atoms. The Bertz CT molecular complexity index is 359. The second kappa shape index (κ2) is 10.0. The predicted molar refractivity (Wildman–Crippen MR) is 92.9 cm³/mol. The number of nitrogens with two attached hydrogens (primary N) is 2. The van der Waals surface area contributed by atoms with Gasteiger partial charge in [0.15, 0.2) is 5.96 Å². The van der Waals surface area contributed by atoms with Crippen molar-refractivity contribution in [1.29, 1.82) is 0 Å². The highest BCUT2D eigenvalue weighted by atomic mass is 127. The lowest BCUT2D eigenvalue weighted by atomic mass is 10.0. The van der Waals surface area contributed by atoms with Gasteiger partial charge in [0.2, 0.25) is 0 Å². The predicted octanol–water partition coefficient (Wildman–Crippen LogP) is 1.83. The van der Waals surface area contributed by atoms with Crippen molar-refractivity contribution in [3.8, 4) is 0 Å². The molecular weight excluding hydrogens is 351 g/mol. The van der Waals surface area contributed by atoms with Crippen LogP contribution in [0.4, 0.5) is 0 Å². The maximum absolute atomic E-state index is 5.43. The number of guanidine groups is 1. The van der Waals surface area contributed by atoms with Crippen LogP contribution in [0, 0.1) is 0 Å². The number of rotatable bonds is 7. The molecule has 0 bridgehead atoms. The Morgan fingerprint density at radius 1 is 1.16 bits per heavy atom. The van der Waals surface area contributed by atoms with Gasteiger partial charge >= 0.3 is 0 Å². The van der Waals surface area contributed by atoms with Crippen LogP contribution in [0.3, 0.4) is 0 Å². The number of halogens is 1. The van der Waals surface area contributed by atoms with Crippen LogP contribution in [0.25, 0.3) is 0 Å². The van der Waals surface area contributed by atoms with Gasteiger partial charge in [-0.3, -0.25) is 9.89 Å². The summed E-state index contributed by atoms with van der Waals surface area (Å²) in [6.07, 6.45) is 0.972. The Morgan fingerprint density at radius 3 is 2.21 bits per heavy atom. The van der Waals surface area contributed by atoms with E-state index in [4.69, 9.17) is 11.5 Å². The summed E-state index contributed by atoms with van der Waals surface area (Å²) in [7, 11) is 0. The number of hydrogen-bond acceptors (Lipinski definition) is 2. The fourth-order valence-corrected chi connectivity index (χ4v) is 2.15. The minimum Gasteiger partial charge on any atom is -0.370 e. The van der Waals surface area contributed by atoms with E-state index in [-0.39, 0.29) is 29.9 Å². The van der Waals surface area contributed by atoms with Gasteiger partial charge in [-0.25, -0.2) is 0 Å². The SMILES string of the molecule is CCN(CC)C(CN=C(N)N)Cc1ccccc1.I. The lowest BCUT2D eigenvalue weighted by Gasteiger charge is -2.28. The van der Waals surface area contributed by atoms with Crippen molar-refractivity contribution in [2.24, 2.45) is 16.5 Å². The lowest BCUT2D eigenvalue weighted by molar-refractivity contribution is 0.220. The number of nitrogens with zero attached hydrogens (tertiary/aromatic N) is 2. The molecule has 1 unspecified atom stereocenters. The zero-order valence-corrected chi connectivity index (χ0v) is 14.1. The minimum atomic E-state index is 0. The first-order valence-electron chi connectivity index (χ1n) is 6.50. The van der Waals surface area contributed by atoms with Crippen LogP contribution < -0.4 is 11.5 Å². The highest BCUT2D eigenvalue weighted by molar-refractivity contribution is 14.0. The summed E-state index contributed by atoms with van der Waals surface area (Å²) in [5, 5.41) is 0. The maximum atomic E-state index is 5.43. The summed E-state index contributed by atoms with van der Waals surface area (Å²) >= 11 is 0. The molecule has 4 N–H and O–H groups in total.